The van der Waals surface area contributed by atoms with Crippen LogP contribution in [-0.4, -0.2) is 23.6 Å². The summed E-state index contributed by atoms with van der Waals surface area (Å²) in [6.07, 6.45) is -4.45. The molecule has 0 atom stereocenters. The first-order valence-corrected chi connectivity index (χ1v) is 7.06. The molecule has 132 valence electrons. The molecule has 0 aliphatic rings. The summed E-state index contributed by atoms with van der Waals surface area (Å²) in [4.78, 5) is 22.3. The van der Waals surface area contributed by atoms with Gasteiger partial charge in [0.15, 0.2) is 6.61 Å². The average molecular weight is 354 g/mol. The first kappa shape index (κ1) is 18.2. The Morgan fingerprint density at radius 1 is 1.16 bits per heavy atom. The number of amides is 1. The highest BCUT2D eigenvalue weighted by molar-refractivity contribution is 5.98. The number of alkyl halides is 3. The number of para-hydroxylation sites is 1. The van der Waals surface area contributed by atoms with E-state index in [1.54, 1.807) is 6.07 Å². The van der Waals surface area contributed by atoms with Gasteiger partial charge in [-0.2, -0.15) is 13.2 Å². The Labute approximate surface area is 140 Å². The van der Waals surface area contributed by atoms with Crippen LogP contribution in [0.5, 0.6) is 5.75 Å². The lowest BCUT2D eigenvalue weighted by molar-refractivity contribution is -0.385. The molecule has 1 N–H and O–H groups in total. The number of benzene rings is 2. The molecule has 0 saturated carbocycles. The predicted octanol–water partition coefficient (Wildman–Crippen LogP) is 3.47. The maximum absolute atomic E-state index is 12.1. The maximum atomic E-state index is 12.1. The Balaban J connectivity index is 2.02. The van der Waals surface area contributed by atoms with Gasteiger partial charge in [0.1, 0.15) is 11.3 Å². The summed E-state index contributed by atoms with van der Waals surface area (Å²) < 4.78 is 41.1. The Bertz CT molecular complexity index is 778. The van der Waals surface area contributed by atoms with Crippen LogP contribution < -0.4 is 10.1 Å². The van der Waals surface area contributed by atoms with E-state index in [9.17, 15) is 28.1 Å². The Kier molecular flexibility index (Phi) is 5.58. The van der Waals surface area contributed by atoms with E-state index in [1.807, 2.05) is 0 Å². The number of nitro benzene ring substituents is 1. The molecule has 0 bridgehead atoms. The minimum absolute atomic E-state index is 0.00904. The zero-order chi connectivity index (χ0) is 18.4. The molecule has 0 aliphatic heterocycles. The zero-order valence-corrected chi connectivity index (χ0v) is 12.7. The average Bonchev–Trinajstić information content (AvgIpc) is 2.57. The molecule has 0 aromatic heterocycles. The quantitative estimate of drug-likeness (QED) is 0.636. The monoisotopic (exact) mass is 354 g/mol. The zero-order valence-electron chi connectivity index (χ0n) is 12.7. The Hall–Kier alpha value is -3.10. The smallest absolute Gasteiger partial charge is 0.422 e. The van der Waals surface area contributed by atoms with Crippen molar-refractivity contribution in [3.05, 3.63) is 69.8 Å². The third-order valence-electron chi connectivity index (χ3n) is 3.10. The molecule has 6 nitrogen and oxygen atoms in total. The van der Waals surface area contributed by atoms with Gasteiger partial charge in [0.05, 0.1) is 4.92 Å². The number of ether oxygens (including phenoxy) is 1. The van der Waals surface area contributed by atoms with Crippen LogP contribution in [0, 0.1) is 10.1 Å². The van der Waals surface area contributed by atoms with E-state index < -0.39 is 23.6 Å². The largest absolute Gasteiger partial charge is 0.484 e. The van der Waals surface area contributed by atoms with Gasteiger partial charge in [-0.05, 0) is 23.8 Å². The van der Waals surface area contributed by atoms with Gasteiger partial charge in [0.2, 0.25) is 0 Å². The number of nitrogens with zero attached hydrogens (tertiary/aromatic N) is 1. The van der Waals surface area contributed by atoms with E-state index in [-0.39, 0.29) is 23.5 Å². The third kappa shape index (κ3) is 5.48. The number of carbonyl (C=O) groups is 1. The summed E-state index contributed by atoms with van der Waals surface area (Å²) in [5.41, 5.74) is 0.0610. The van der Waals surface area contributed by atoms with Crippen molar-refractivity contribution in [3.63, 3.8) is 0 Å². The van der Waals surface area contributed by atoms with Crippen molar-refractivity contribution in [2.45, 2.75) is 12.7 Å². The molecule has 0 unspecified atom stereocenters. The number of hydrogen-bond donors (Lipinski definition) is 1. The van der Waals surface area contributed by atoms with E-state index >= 15 is 0 Å². The van der Waals surface area contributed by atoms with Crippen LogP contribution in [0.3, 0.4) is 0 Å². The summed E-state index contributed by atoms with van der Waals surface area (Å²) in [6.45, 7) is -1.44. The Morgan fingerprint density at radius 2 is 1.88 bits per heavy atom. The molecule has 0 saturated heterocycles. The van der Waals surface area contributed by atoms with E-state index in [4.69, 9.17) is 0 Å². The molecule has 0 spiro atoms. The molecule has 2 aromatic carbocycles. The Morgan fingerprint density at radius 3 is 2.56 bits per heavy atom. The molecule has 25 heavy (non-hydrogen) atoms. The third-order valence-corrected chi connectivity index (χ3v) is 3.10. The molecule has 2 rings (SSSR count). The van der Waals surface area contributed by atoms with Crippen molar-refractivity contribution in [2.75, 3.05) is 6.61 Å². The van der Waals surface area contributed by atoms with Gasteiger partial charge < -0.3 is 10.1 Å². The molecule has 9 heteroatoms. The van der Waals surface area contributed by atoms with Crippen molar-refractivity contribution in [1.29, 1.82) is 0 Å². The van der Waals surface area contributed by atoms with Gasteiger partial charge in [0.25, 0.3) is 11.6 Å². The fraction of sp³-hybridized carbons (Fsp3) is 0.188. The van der Waals surface area contributed by atoms with E-state index in [2.05, 4.69) is 10.1 Å². The number of hydrogen-bond acceptors (Lipinski definition) is 4. The number of nitro groups is 1. The van der Waals surface area contributed by atoms with Gasteiger partial charge in [-0.15, -0.1) is 0 Å². The number of nitrogens with one attached hydrogen (secondary N) is 1. The molecule has 1 amide bonds. The fourth-order valence-electron chi connectivity index (χ4n) is 2.01. The molecule has 0 heterocycles. The van der Waals surface area contributed by atoms with Gasteiger partial charge in [0, 0.05) is 12.6 Å². The molecular weight excluding hydrogens is 341 g/mol. The summed E-state index contributed by atoms with van der Waals surface area (Å²) in [7, 11) is 0. The second-order valence-electron chi connectivity index (χ2n) is 5.01. The number of rotatable bonds is 6. The lowest BCUT2D eigenvalue weighted by Gasteiger charge is -2.11. The number of carbonyl (C=O) groups excluding carboxylic acids is 1. The second-order valence-corrected chi connectivity index (χ2v) is 5.01. The summed E-state index contributed by atoms with van der Waals surface area (Å²) in [5, 5.41) is 13.4. The fourth-order valence-corrected chi connectivity index (χ4v) is 2.01. The predicted molar refractivity (Wildman–Crippen MR) is 82.3 cm³/mol. The van der Waals surface area contributed by atoms with Crippen molar-refractivity contribution < 1.29 is 27.6 Å². The van der Waals surface area contributed by atoms with Gasteiger partial charge in [-0.3, -0.25) is 14.9 Å². The van der Waals surface area contributed by atoms with E-state index in [0.717, 1.165) is 0 Å². The van der Waals surface area contributed by atoms with E-state index in [1.165, 1.54) is 42.5 Å². The summed E-state index contributed by atoms with van der Waals surface area (Å²) >= 11 is 0. The van der Waals surface area contributed by atoms with Gasteiger partial charge >= 0.3 is 6.18 Å². The lowest BCUT2D eigenvalue weighted by atomic mass is 10.1. The number of halogens is 3. The molecule has 0 fully saturated rings. The topological polar surface area (TPSA) is 81.5 Å². The highest BCUT2D eigenvalue weighted by atomic mass is 19.4. The normalized spacial score (nSPS) is 11.0. The highest BCUT2D eigenvalue weighted by Gasteiger charge is 2.28. The first-order valence-electron chi connectivity index (χ1n) is 7.06. The molecule has 0 radical (unpaired) electrons. The SMILES string of the molecule is O=C(NCc1cccc(OCC(F)(F)F)c1)c1ccccc1[N+](=O)[O-]. The van der Waals surface area contributed by atoms with Gasteiger partial charge in [-0.25, -0.2) is 0 Å². The van der Waals surface area contributed by atoms with Crippen molar-refractivity contribution in [1.82, 2.24) is 5.32 Å². The molecule has 2 aromatic rings. The molecular formula is C16H13F3N2O4. The molecule has 0 aliphatic carbocycles. The van der Waals surface area contributed by atoms with Crippen LogP contribution in [-0.2, 0) is 6.54 Å². The maximum Gasteiger partial charge on any atom is 0.422 e. The summed E-state index contributed by atoms with van der Waals surface area (Å²) in [6, 6.07) is 11.2. The van der Waals surface area contributed by atoms with Gasteiger partial charge in [-0.1, -0.05) is 24.3 Å². The first-order chi connectivity index (χ1) is 11.8. The van der Waals surface area contributed by atoms with Crippen LogP contribution in [0.4, 0.5) is 18.9 Å². The van der Waals surface area contributed by atoms with E-state index in [0.29, 0.717) is 5.56 Å². The van der Waals surface area contributed by atoms with Crippen LogP contribution in [0.15, 0.2) is 48.5 Å². The lowest BCUT2D eigenvalue weighted by Crippen LogP contribution is -2.23. The minimum atomic E-state index is -4.45. The van der Waals surface area contributed by atoms with Crippen molar-refractivity contribution >= 4 is 11.6 Å². The van der Waals surface area contributed by atoms with Crippen molar-refractivity contribution in [2.24, 2.45) is 0 Å². The highest BCUT2D eigenvalue weighted by Crippen LogP contribution is 2.20. The minimum Gasteiger partial charge on any atom is -0.484 e. The van der Waals surface area contributed by atoms with Crippen molar-refractivity contribution in [3.8, 4) is 5.75 Å². The second kappa shape index (κ2) is 7.65. The van der Waals surface area contributed by atoms with Crippen LogP contribution >= 0.6 is 0 Å². The van der Waals surface area contributed by atoms with Crippen LogP contribution in [0.1, 0.15) is 15.9 Å². The standard InChI is InChI=1S/C16H13F3N2O4/c17-16(18,19)10-25-12-5-3-4-11(8-12)9-20-15(22)13-6-1-2-7-14(13)21(23)24/h1-8H,9-10H2,(H,20,22). The van der Waals surface area contributed by atoms with Crippen LogP contribution in [0.2, 0.25) is 0 Å². The summed E-state index contributed by atoms with van der Waals surface area (Å²) in [5.74, 6) is -0.649. The van der Waals surface area contributed by atoms with Crippen LogP contribution in [0.25, 0.3) is 0 Å².